The Morgan fingerprint density at radius 1 is 0.963 bits per heavy atom. The van der Waals surface area contributed by atoms with Gasteiger partial charge >= 0.3 is 6.03 Å². The first-order valence-corrected chi connectivity index (χ1v) is 10.5. The fourth-order valence-corrected chi connectivity index (χ4v) is 4.24. The third-order valence-corrected chi connectivity index (χ3v) is 6.36. The molecule has 0 spiro atoms. The molecule has 0 aliphatic rings. The van der Waals surface area contributed by atoms with Crippen molar-refractivity contribution in [1.82, 2.24) is 14.9 Å². The minimum absolute atomic E-state index is 0.250. The number of amides is 2. The van der Waals surface area contributed by atoms with Gasteiger partial charge in [-0.2, -0.15) is 4.31 Å². The third kappa shape index (κ3) is 5.95. The van der Waals surface area contributed by atoms with Crippen molar-refractivity contribution in [1.29, 1.82) is 0 Å². The van der Waals surface area contributed by atoms with Gasteiger partial charge in [0.1, 0.15) is 0 Å². The molecule has 2 aromatic carbocycles. The second kappa shape index (κ2) is 9.73. The number of nitrogens with zero attached hydrogens (tertiary/aromatic N) is 1. The van der Waals surface area contributed by atoms with Crippen LogP contribution in [0.4, 0.5) is 4.79 Å². The maximum Gasteiger partial charge on any atom is 0.315 e. The molecule has 2 aromatic rings. The van der Waals surface area contributed by atoms with Crippen molar-refractivity contribution in [2.24, 2.45) is 0 Å². The summed E-state index contributed by atoms with van der Waals surface area (Å²) >= 11 is 5.91. The number of halogens is 1. The predicted molar refractivity (Wildman–Crippen MR) is 107 cm³/mol. The van der Waals surface area contributed by atoms with Gasteiger partial charge in [0.05, 0.1) is 4.90 Å². The van der Waals surface area contributed by atoms with Crippen molar-refractivity contribution in [3.05, 3.63) is 64.7 Å². The number of carbonyl (C=O) groups excluding carboxylic acids is 1. The van der Waals surface area contributed by atoms with Crippen LogP contribution in [0.5, 0.6) is 0 Å². The van der Waals surface area contributed by atoms with Gasteiger partial charge in [0, 0.05) is 31.2 Å². The van der Waals surface area contributed by atoms with E-state index >= 15 is 0 Å². The lowest BCUT2D eigenvalue weighted by Gasteiger charge is -2.18. The zero-order valence-corrected chi connectivity index (χ0v) is 17.0. The lowest BCUT2D eigenvalue weighted by molar-refractivity contribution is 0.240. The highest BCUT2D eigenvalue weighted by molar-refractivity contribution is 7.89. The van der Waals surface area contributed by atoms with E-state index in [9.17, 15) is 13.2 Å². The monoisotopic (exact) mass is 409 g/mol. The van der Waals surface area contributed by atoms with E-state index in [1.807, 2.05) is 12.1 Å². The number of carbonyl (C=O) groups is 1. The van der Waals surface area contributed by atoms with E-state index in [1.165, 1.54) is 4.31 Å². The molecule has 0 radical (unpaired) electrons. The van der Waals surface area contributed by atoms with Gasteiger partial charge in [-0.05, 0) is 35.4 Å². The standard InChI is InChI=1S/C19H24ClN3O3S/c1-3-23(4-2)27(25,26)18-10-8-15(9-11-18)13-21-19(24)22-14-16-6-5-7-17(20)12-16/h5-12H,3-4,13-14H2,1-2H3,(H2,21,22,24). The Labute approximate surface area is 165 Å². The molecule has 8 heteroatoms. The maximum absolute atomic E-state index is 12.5. The van der Waals surface area contributed by atoms with Gasteiger partial charge in [0.2, 0.25) is 10.0 Å². The zero-order valence-electron chi connectivity index (χ0n) is 15.4. The van der Waals surface area contributed by atoms with Crippen LogP contribution >= 0.6 is 11.6 Å². The van der Waals surface area contributed by atoms with E-state index in [4.69, 9.17) is 11.6 Å². The summed E-state index contributed by atoms with van der Waals surface area (Å²) < 4.78 is 26.3. The van der Waals surface area contributed by atoms with Crippen LogP contribution in [0.1, 0.15) is 25.0 Å². The zero-order chi connectivity index (χ0) is 19.9. The molecule has 0 saturated heterocycles. The number of urea groups is 1. The highest BCUT2D eigenvalue weighted by atomic mass is 35.5. The normalized spacial score (nSPS) is 11.4. The molecule has 0 aliphatic carbocycles. The van der Waals surface area contributed by atoms with Crippen molar-refractivity contribution in [2.45, 2.75) is 31.8 Å². The van der Waals surface area contributed by atoms with Crippen LogP contribution in [0, 0.1) is 0 Å². The Bertz CT molecular complexity index is 866. The van der Waals surface area contributed by atoms with Crippen molar-refractivity contribution >= 4 is 27.7 Å². The third-order valence-electron chi connectivity index (χ3n) is 4.06. The number of hydrogen-bond acceptors (Lipinski definition) is 3. The Morgan fingerprint density at radius 3 is 2.11 bits per heavy atom. The molecule has 0 aromatic heterocycles. The van der Waals surface area contributed by atoms with Crippen molar-refractivity contribution in [3.8, 4) is 0 Å². The summed E-state index contributed by atoms with van der Waals surface area (Å²) in [5, 5.41) is 6.12. The van der Waals surface area contributed by atoms with Crippen LogP contribution < -0.4 is 10.6 Å². The average Bonchev–Trinajstić information content (AvgIpc) is 2.66. The molecule has 0 fully saturated rings. The summed E-state index contributed by atoms with van der Waals surface area (Å²) in [6.07, 6.45) is 0. The first-order chi connectivity index (χ1) is 12.9. The smallest absolute Gasteiger partial charge is 0.315 e. The van der Waals surface area contributed by atoms with Crippen molar-refractivity contribution in [3.63, 3.8) is 0 Å². The molecular formula is C19H24ClN3O3S. The minimum Gasteiger partial charge on any atom is -0.334 e. The van der Waals surface area contributed by atoms with Gasteiger partial charge in [-0.25, -0.2) is 13.2 Å². The Kier molecular flexibility index (Phi) is 7.65. The second-order valence-corrected chi connectivity index (χ2v) is 8.27. The summed E-state index contributed by atoms with van der Waals surface area (Å²) in [5.74, 6) is 0. The minimum atomic E-state index is -3.47. The number of hydrogen-bond donors (Lipinski definition) is 2. The van der Waals surface area contributed by atoms with E-state index < -0.39 is 10.0 Å². The van der Waals surface area contributed by atoms with Gasteiger partial charge in [-0.1, -0.05) is 49.7 Å². The summed E-state index contributed by atoms with van der Waals surface area (Å²) in [6.45, 7) is 5.13. The maximum atomic E-state index is 12.5. The highest BCUT2D eigenvalue weighted by Crippen LogP contribution is 2.16. The van der Waals surface area contributed by atoms with Gasteiger partial charge in [-0.15, -0.1) is 0 Å². The van der Waals surface area contributed by atoms with Gasteiger partial charge in [0.25, 0.3) is 0 Å². The summed E-state index contributed by atoms with van der Waals surface area (Å²) in [6, 6.07) is 13.5. The molecule has 146 valence electrons. The van der Waals surface area contributed by atoms with Crippen LogP contribution in [-0.4, -0.2) is 31.8 Å². The molecule has 0 bridgehead atoms. The predicted octanol–water partition coefficient (Wildman–Crippen LogP) is 3.37. The number of rotatable bonds is 8. The molecule has 27 heavy (non-hydrogen) atoms. The molecule has 2 amide bonds. The molecule has 0 aliphatic heterocycles. The molecule has 2 N–H and O–H groups in total. The topological polar surface area (TPSA) is 78.5 Å². The van der Waals surface area contributed by atoms with Crippen LogP contribution in [0.25, 0.3) is 0 Å². The summed E-state index contributed by atoms with van der Waals surface area (Å²) in [4.78, 5) is 12.2. The van der Waals surface area contributed by atoms with Crippen molar-refractivity contribution < 1.29 is 13.2 Å². The molecule has 0 heterocycles. The molecular weight excluding hydrogens is 386 g/mol. The number of sulfonamides is 1. The molecule has 0 saturated carbocycles. The Hall–Kier alpha value is -2.09. The summed E-state index contributed by atoms with van der Waals surface area (Å²) in [5.41, 5.74) is 1.72. The van der Waals surface area contributed by atoms with Crippen LogP contribution in [0.3, 0.4) is 0 Å². The lowest BCUT2D eigenvalue weighted by Crippen LogP contribution is -2.34. The SMILES string of the molecule is CCN(CC)S(=O)(=O)c1ccc(CNC(=O)NCc2cccc(Cl)c2)cc1. The Balaban J connectivity index is 1.88. The number of nitrogens with one attached hydrogen (secondary N) is 2. The first kappa shape index (κ1) is 21.2. The molecule has 6 nitrogen and oxygen atoms in total. The van der Waals surface area contributed by atoms with Gasteiger partial charge < -0.3 is 10.6 Å². The second-order valence-electron chi connectivity index (χ2n) is 5.90. The van der Waals surface area contributed by atoms with Crippen molar-refractivity contribution in [2.75, 3.05) is 13.1 Å². The fourth-order valence-electron chi connectivity index (χ4n) is 2.57. The van der Waals surface area contributed by atoms with Gasteiger partial charge in [0.15, 0.2) is 0 Å². The van der Waals surface area contributed by atoms with E-state index in [1.54, 1.807) is 50.2 Å². The highest BCUT2D eigenvalue weighted by Gasteiger charge is 2.21. The fraction of sp³-hybridized carbons (Fsp3) is 0.316. The number of benzene rings is 2. The van der Waals surface area contributed by atoms with E-state index in [0.717, 1.165) is 11.1 Å². The largest absolute Gasteiger partial charge is 0.334 e. The Morgan fingerprint density at radius 2 is 1.56 bits per heavy atom. The van der Waals surface area contributed by atoms with E-state index in [0.29, 0.717) is 31.2 Å². The van der Waals surface area contributed by atoms with Crippen LogP contribution in [-0.2, 0) is 23.1 Å². The van der Waals surface area contributed by atoms with Crippen LogP contribution in [0.15, 0.2) is 53.4 Å². The van der Waals surface area contributed by atoms with Crippen LogP contribution in [0.2, 0.25) is 5.02 Å². The molecule has 0 unspecified atom stereocenters. The first-order valence-electron chi connectivity index (χ1n) is 8.72. The molecule has 2 rings (SSSR count). The van der Waals surface area contributed by atoms with E-state index in [2.05, 4.69) is 10.6 Å². The summed E-state index contributed by atoms with van der Waals surface area (Å²) in [7, 11) is -3.47. The lowest BCUT2D eigenvalue weighted by atomic mass is 10.2. The van der Waals surface area contributed by atoms with Gasteiger partial charge in [-0.3, -0.25) is 0 Å². The quantitative estimate of drug-likeness (QED) is 0.701. The average molecular weight is 410 g/mol. The van der Waals surface area contributed by atoms with E-state index in [-0.39, 0.29) is 10.9 Å². The molecule has 0 atom stereocenters.